The SMILES string of the molecule is CCOCCCNC(=O)C(C#N)=Cc1ccc(C(=O)NC)cc1. The minimum atomic E-state index is -0.417. The molecule has 2 amide bonds. The molecule has 0 bridgehead atoms. The van der Waals surface area contributed by atoms with Crippen molar-refractivity contribution in [2.24, 2.45) is 0 Å². The molecule has 0 atom stereocenters. The Morgan fingerprint density at radius 3 is 2.57 bits per heavy atom. The van der Waals surface area contributed by atoms with Crippen LogP contribution < -0.4 is 10.6 Å². The van der Waals surface area contributed by atoms with Crippen molar-refractivity contribution < 1.29 is 14.3 Å². The summed E-state index contributed by atoms with van der Waals surface area (Å²) in [5.41, 5.74) is 1.22. The largest absolute Gasteiger partial charge is 0.382 e. The molecule has 0 saturated carbocycles. The van der Waals surface area contributed by atoms with E-state index in [1.165, 1.54) is 6.08 Å². The molecule has 0 fully saturated rings. The highest BCUT2D eigenvalue weighted by molar-refractivity contribution is 6.01. The Morgan fingerprint density at radius 2 is 2.00 bits per heavy atom. The van der Waals surface area contributed by atoms with Gasteiger partial charge in [0.05, 0.1) is 0 Å². The second-order valence-electron chi connectivity index (χ2n) is 4.68. The fourth-order valence-electron chi connectivity index (χ4n) is 1.81. The molecule has 0 aromatic heterocycles. The molecule has 6 heteroatoms. The first-order valence-electron chi connectivity index (χ1n) is 7.42. The van der Waals surface area contributed by atoms with E-state index in [4.69, 9.17) is 10.00 Å². The summed E-state index contributed by atoms with van der Waals surface area (Å²) < 4.78 is 5.17. The Balaban J connectivity index is 2.65. The van der Waals surface area contributed by atoms with Gasteiger partial charge >= 0.3 is 0 Å². The number of hydrogen-bond acceptors (Lipinski definition) is 4. The molecule has 1 aromatic carbocycles. The molecule has 0 aliphatic rings. The van der Waals surface area contributed by atoms with Gasteiger partial charge in [-0.15, -0.1) is 0 Å². The van der Waals surface area contributed by atoms with Crippen LogP contribution in [0.1, 0.15) is 29.3 Å². The van der Waals surface area contributed by atoms with Gasteiger partial charge in [0.15, 0.2) is 0 Å². The number of carbonyl (C=O) groups excluding carboxylic acids is 2. The van der Waals surface area contributed by atoms with Crippen molar-refractivity contribution in [2.45, 2.75) is 13.3 Å². The summed E-state index contributed by atoms with van der Waals surface area (Å²) in [6.07, 6.45) is 2.19. The van der Waals surface area contributed by atoms with Crippen LogP contribution in [-0.4, -0.2) is 38.6 Å². The number of carbonyl (C=O) groups is 2. The van der Waals surface area contributed by atoms with E-state index >= 15 is 0 Å². The number of hydrogen-bond donors (Lipinski definition) is 2. The summed E-state index contributed by atoms with van der Waals surface area (Å²) in [6, 6.07) is 8.54. The maximum Gasteiger partial charge on any atom is 0.261 e. The van der Waals surface area contributed by atoms with E-state index in [0.29, 0.717) is 37.3 Å². The molecule has 0 aliphatic carbocycles. The van der Waals surface area contributed by atoms with E-state index in [1.54, 1.807) is 31.3 Å². The maximum absolute atomic E-state index is 11.9. The number of benzene rings is 1. The van der Waals surface area contributed by atoms with Crippen LogP contribution in [0.4, 0.5) is 0 Å². The highest BCUT2D eigenvalue weighted by Gasteiger charge is 2.08. The summed E-state index contributed by atoms with van der Waals surface area (Å²) in [5.74, 6) is -0.604. The third-order valence-electron chi connectivity index (χ3n) is 3.03. The number of nitrogens with zero attached hydrogens (tertiary/aromatic N) is 1. The third-order valence-corrected chi connectivity index (χ3v) is 3.03. The second kappa shape index (κ2) is 10.1. The monoisotopic (exact) mass is 315 g/mol. The van der Waals surface area contributed by atoms with Crippen LogP contribution in [-0.2, 0) is 9.53 Å². The van der Waals surface area contributed by atoms with Crippen LogP contribution in [0.5, 0.6) is 0 Å². The first-order valence-corrected chi connectivity index (χ1v) is 7.42. The predicted octanol–water partition coefficient (Wildman–Crippen LogP) is 1.50. The number of rotatable bonds is 8. The third kappa shape index (κ3) is 6.32. The molecular weight excluding hydrogens is 294 g/mol. The average molecular weight is 315 g/mol. The molecule has 0 aliphatic heterocycles. The van der Waals surface area contributed by atoms with Gasteiger partial charge in [0.1, 0.15) is 11.6 Å². The van der Waals surface area contributed by atoms with E-state index in [1.807, 2.05) is 13.0 Å². The zero-order chi connectivity index (χ0) is 17.1. The van der Waals surface area contributed by atoms with Crippen molar-refractivity contribution in [3.63, 3.8) is 0 Å². The highest BCUT2D eigenvalue weighted by Crippen LogP contribution is 2.09. The number of amides is 2. The van der Waals surface area contributed by atoms with Gasteiger partial charge in [-0.05, 0) is 37.1 Å². The van der Waals surface area contributed by atoms with E-state index in [2.05, 4.69) is 10.6 Å². The minimum Gasteiger partial charge on any atom is -0.382 e. The Bertz CT molecular complexity index is 601. The summed E-state index contributed by atoms with van der Waals surface area (Å²) in [6.45, 7) is 3.57. The standard InChI is InChI=1S/C17H21N3O3/c1-3-23-10-4-9-20-17(22)15(12-18)11-13-5-7-14(8-6-13)16(21)19-2/h5-8,11H,3-4,9-10H2,1-2H3,(H,19,21)(H,20,22). The molecule has 0 unspecified atom stereocenters. The van der Waals surface area contributed by atoms with Gasteiger partial charge in [0, 0.05) is 32.4 Å². The zero-order valence-corrected chi connectivity index (χ0v) is 13.4. The summed E-state index contributed by atoms with van der Waals surface area (Å²) in [4.78, 5) is 23.4. The average Bonchev–Trinajstić information content (AvgIpc) is 2.59. The lowest BCUT2D eigenvalue weighted by atomic mass is 10.1. The molecule has 6 nitrogen and oxygen atoms in total. The molecule has 0 saturated heterocycles. The normalized spacial score (nSPS) is 10.7. The van der Waals surface area contributed by atoms with Crippen molar-refractivity contribution in [3.05, 3.63) is 41.0 Å². The van der Waals surface area contributed by atoms with E-state index in [-0.39, 0.29) is 11.5 Å². The zero-order valence-electron chi connectivity index (χ0n) is 13.4. The van der Waals surface area contributed by atoms with Crippen molar-refractivity contribution in [1.82, 2.24) is 10.6 Å². The van der Waals surface area contributed by atoms with E-state index in [9.17, 15) is 9.59 Å². The molecule has 1 rings (SSSR count). The molecule has 0 spiro atoms. The van der Waals surface area contributed by atoms with Gasteiger partial charge in [-0.25, -0.2) is 0 Å². The number of nitrogens with one attached hydrogen (secondary N) is 2. The first kappa shape index (κ1) is 18.4. The van der Waals surface area contributed by atoms with Crippen molar-refractivity contribution >= 4 is 17.9 Å². The highest BCUT2D eigenvalue weighted by atomic mass is 16.5. The molecule has 2 N–H and O–H groups in total. The van der Waals surface area contributed by atoms with E-state index < -0.39 is 5.91 Å². The van der Waals surface area contributed by atoms with Crippen molar-refractivity contribution in [2.75, 3.05) is 26.8 Å². The Labute approximate surface area is 136 Å². The fourth-order valence-corrected chi connectivity index (χ4v) is 1.81. The van der Waals surface area contributed by atoms with Gasteiger partial charge < -0.3 is 15.4 Å². The van der Waals surface area contributed by atoms with Crippen molar-refractivity contribution in [3.8, 4) is 6.07 Å². The second-order valence-corrected chi connectivity index (χ2v) is 4.68. The summed E-state index contributed by atoms with van der Waals surface area (Å²) in [7, 11) is 1.56. The molecular formula is C17H21N3O3. The molecule has 1 aromatic rings. The fraction of sp³-hybridized carbons (Fsp3) is 0.353. The van der Waals surface area contributed by atoms with Crippen LogP contribution in [0.2, 0.25) is 0 Å². The smallest absolute Gasteiger partial charge is 0.261 e. The van der Waals surface area contributed by atoms with Gasteiger partial charge in [0.2, 0.25) is 0 Å². The number of nitriles is 1. The summed E-state index contributed by atoms with van der Waals surface area (Å²) in [5, 5.41) is 14.3. The molecule has 0 radical (unpaired) electrons. The maximum atomic E-state index is 11.9. The number of ether oxygens (including phenoxy) is 1. The molecule has 122 valence electrons. The lowest BCUT2D eigenvalue weighted by Gasteiger charge is -2.05. The van der Waals surface area contributed by atoms with E-state index in [0.717, 1.165) is 0 Å². The van der Waals surface area contributed by atoms with Crippen LogP contribution in [0, 0.1) is 11.3 Å². The lowest BCUT2D eigenvalue weighted by molar-refractivity contribution is -0.117. The van der Waals surface area contributed by atoms with Gasteiger partial charge in [0.25, 0.3) is 11.8 Å². The van der Waals surface area contributed by atoms with Gasteiger partial charge in [-0.2, -0.15) is 5.26 Å². The predicted molar refractivity (Wildman–Crippen MR) is 87.5 cm³/mol. The Morgan fingerprint density at radius 1 is 1.30 bits per heavy atom. The van der Waals surface area contributed by atoms with Crippen LogP contribution in [0.3, 0.4) is 0 Å². The van der Waals surface area contributed by atoms with Crippen LogP contribution in [0.25, 0.3) is 6.08 Å². The van der Waals surface area contributed by atoms with Gasteiger partial charge in [-0.1, -0.05) is 12.1 Å². The topological polar surface area (TPSA) is 91.2 Å². The lowest BCUT2D eigenvalue weighted by Crippen LogP contribution is -2.26. The van der Waals surface area contributed by atoms with Crippen molar-refractivity contribution in [1.29, 1.82) is 5.26 Å². The quantitative estimate of drug-likeness (QED) is 0.432. The van der Waals surface area contributed by atoms with Crippen LogP contribution in [0.15, 0.2) is 29.8 Å². The summed E-state index contributed by atoms with van der Waals surface area (Å²) >= 11 is 0. The molecule has 0 heterocycles. The molecule has 23 heavy (non-hydrogen) atoms. The van der Waals surface area contributed by atoms with Gasteiger partial charge in [-0.3, -0.25) is 9.59 Å². The van der Waals surface area contributed by atoms with Crippen LogP contribution >= 0.6 is 0 Å². The minimum absolute atomic E-state index is 0.0223. The Kier molecular flexibility index (Phi) is 8.11. The Hall–Kier alpha value is -2.65. The first-order chi connectivity index (χ1) is 11.1.